The van der Waals surface area contributed by atoms with E-state index in [1.54, 1.807) is 0 Å². The maximum atomic E-state index is 14.1. The number of hydrogen-bond donors (Lipinski definition) is 0. The van der Waals surface area contributed by atoms with Gasteiger partial charge in [-0.2, -0.15) is 44.3 Å². The van der Waals surface area contributed by atoms with Gasteiger partial charge in [-0.05, 0) is 79.8 Å². The highest BCUT2D eigenvalue weighted by Crippen LogP contribution is 2.44. The molecule has 19 heteroatoms. The number of aromatic nitrogens is 4. The molecule has 1 unspecified atom stereocenters. The summed E-state index contributed by atoms with van der Waals surface area (Å²) in [4.78, 5) is 28.7. The third kappa shape index (κ3) is 8.36. The molecule has 4 rings (SSSR count). The van der Waals surface area contributed by atoms with Crippen LogP contribution >= 0.6 is 0 Å². The highest BCUT2D eigenvalue weighted by Gasteiger charge is 2.41. The fraction of sp³-hybridized carbons (Fsp3) is 0.500. The minimum atomic E-state index is -5.14. The van der Waals surface area contributed by atoms with Crippen LogP contribution in [0, 0.1) is 12.3 Å². The van der Waals surface area contributed by atoms with Gasteiger partial charge in [0.2, 0.25) is 0 Å². The quantitative estimate of drug-likeness (QED) is 0.187. The van der Waals surface area contributed by atoms with E-state index in [-0.39, 0.29) is 48.2 Å². The summed E-state index contributed by atoms with van der Waals surface area (Å²) in [5, 5.41) is 11.7. The first kappa shape index (κ1) is 37.2. The maximum absolute atomic E-state index is 14.1. The number of esters is 1. The van der Waals surface area contributed by atoms with E-state index in [4.69, 9.17) is 9.47 Å². The number of amides is 1. The fourth-order valence-electron chi connectivity index (χ4n) is 5.43. The molecule has 2 aromatic carbocycles. The summed E-state index contributed by atoms with van der Waals surface area (Å²) in [5.41, 5.74) is -6.51. The second-order valence-electron chi connectivity index (χ2n) is 12.1. The Labute approximate surface area is 273 Å². The van der Waals surface area contributed by atoms with Gasteiger partial charge >= 0.3 is 30.6 Å². The lowest BCUT2D eigenvalue weighted by Crippen LogP contribution is -2.38. The number of methoxy groups -OCH3 is 1. The lowest BCUT2D eigenvalue weighted by Gasteiger charge is -2.33. The molecule has 1 aliphatic heterocycles. The summed E-state index contributed by atoms with van der Waals surface area (Å²) in [7, 11) is 2.48. The third-order valence-corrected chi connectivity index (χ3v) is 7.83. The third-order valence-electron chi connectivity index (χ3n) is 7.83. The summed E-state index contributed by atoms with van der Waals surface area (Å²) in [6.45, 7) is 2.64. The molecular formula is C30H31F9N6O4. The molecule has 10 nitrogen and oxygen atoms in total. The topological polar surface area (TPSA) is 103 Å². The standard InChI is InChI=1S/C30H31F9N6O4/c1-16-9-20-22(7-6-8-44(23(20)13-21(16)30(37,38)39)26(47)49-15-27(2,3)24(46)48-5)45(25-40-42-43(4)41-25)14-17-10-18(28(31,32)33)12-19(11-17)29(34,35)36/h9-13,22H,6-8,14-15H2,1-5H3. The Morgan fingerprint density at radius 1 is 0.939 bits per heavy atom. The summed E-state index contributed by atoms with van der Waals surface area (Å²) in [6.07, 6.45) is -16.2. The van der Waals surface area contributed by atoms with Gasteiger partial charge in [0.05, 0.1) is 48.0 Å². The number of ether oxygens (including phenoxy) is 2. The number of aryl methyl sites for hydroxylation is 2. The second kappa shape index (κ2) is 13.4. The molecule has 0 N–H and O–H groups in total. The van der Waals surface area contributed by atoms with Crippen LogP contribution in [0.25, 0.3) is 0 Å². The Bertz CT molecular complexity index is 1670. The number of tetrazole rings is 1. The molecule has 3 aromatic rings. The van der Waals surface area contributed by atoms with Gasteiger partial charge in [0.1, 0.15) is 6.61 Å². The number of halogens is 9. The number of carbonyl (C=O) groups is 2. The minimum absolute atomic E-state index is 0.0254. The molecule has 49 heavy (non-hydrogen) atoms. The van der Waals surface area contributed by atoms with Crippen LogP contribution in [0.2, 0.25) is 0 Å². The van der Waals surface area contributed by atoms with Crippen molar-refractivity contribution in [3.63, 3.8) is 0 Å². The van der Waals surface area contributed by atoms with E-state index in [0.29, 0.717) is 12.1 Å². The molecule has 0 saturated heterocycles. The van der Waals surface area contributed by atoms with Gasteiger partial charge in [-0.3, -0.25) is 9.69 Å². The Balaban J connectivity index is 1.88. The highest BCUT2D eigenvalue weighted by molar-refractivity contribution is 5.90. The van der Waals surface area contributed by atoms with Crippen molar-refractivity contribution in [3.05, 3.63) is 63.7 Å². The zero-order valence-electron chi connectivity index (χ0n) is 26.7. The molecule has 0 saturated carbocycles. The minimum Gasteiger partial charge on any atom is -0.469 e. The normalized spacial score (nSPS) is 15.8. The Morgan fingerprint density at radius 3 is 2.06 bits per heavy atom. The first-order valence-electron chi connectivity index (χ1n) is 14.6. The average Bonchev–Trinajstić information content (AvgIpc) is 3.34. The summed E-state index contributed by atoms with van der Waals surface area (Å²) < 4.78 is 135. The van der Waals surface area contributed by atoms with Crippen LogP contribution in [0.5, 0.6) is 0 Å². The van der Waals surface area contributed by atoms with E-state index in [0.717, 1.165) is 28.9 Å². The number of nitrogens with zero attached hydrogens (tertiary/aromatic N) is 6. The van der Waals surface area contributed by atoms with Crippen LogP contribution in [0.1, 0.15) is 66.1 Å². The van der Waals surface area contributed by atoms with Crippen LogP contribution in [-0.2, 0) is 46.4 Å². The molecule has 1 amide bonds. The van der Waals surface area contributed by atoms with Gasteiger partial charge in [0, 0.05) is 13.1 Å². The van der Waals surface area contributed by atoms with Crippen molar-refractivity contribution >= 4 is 23.7 Å². The van der Waals surface area contributed by atoms with Crippen molar-refractivity contribution in [2.75, 3.05) is 30.1 Å². The zero-order valence-corrected chi connectivity index (χ0v) is 26.7. The van der Waals surface area contributed by atoms with Crippen molar-refractivity contribution < 1.29 is 58.6 Å². The van der Waals surface area contributed by atoms with Gasteiger partial charge in [-0.15, -0.1) is 5.10 Å². The molecule has 0 fully saturated rings. The number of anilines is 2. The molecular weight excluding hydrogens is 679 g/mol. The molecule has 0 aliphatic carbocycles. The molecule has 0 radical (unpaired) electrons. The first-order valence-corrected chi connectivity index (χ1v) is 14.6. The second-order valence-corrected chi connectivity index (χ2v) is 12.1. The lowest BCUT2D eigenvalue weighted by atomic mass is 9.94. The van der Waals surface area contributed by atoms with Crippen LogP contribution in [0.15, 0.2) is 30.3 Å². The number of fused-ring (bicyclic) bond motifs is 1. The first-order chi connectivity index (χ1) is 22.5. The number of hydrogen-bond acceptors (Lipinski definition) is 8. The predicted octanol–water partition coefficient (Wildman–Crippen LogP) is 7.26. The number of benzene rings is 2. The van der Waals surface area contributed by atoms with Gasteiger partial charge in [0.25, 0.3) is 5.95 Å². The average molecular weight is 711 g/mol. The van der Waals surface area contributed by atoms with Crippen molar-refractivity contribution in [1.82, 2.24) is 20.2 Å². The smallest absolute Gasteiger partial charge is 0.416 e. The van der Waals surface area contributed by atoms with E-state index >= 15 is 0 Å². The Kier molecular flexibility index (Phi) is 10.2. The van der Waals surface area contributed by atoms with Gasteiger partial charge < -0.3 is 14.4 Å². The van der Waals surface area contributed by atoms with E-state index in [9.17, 15) is 49.1 Å². The van der Waals surface area contributed by atoms with Crippen molar-refractivity contribution in [1.29, 1.82) is 0 Å². The van der Waals surface area contributed by atoms with Crippen molar-refractivity contribution in [2.24, 2.45) is 12.5 Å². The largest absolute Gasteiger partial charge is 0.469 e. The summed E-state index contributed by atoms with van der Waals surface area (Å²) >= 11 is 0. The zero-order chi connectivity index (χ0) is 36.7. The monoisotopic (exact) mass is 710 g/mol. The van der Waals surface area contributed by atoms with Crippen molar-refractivity contribution in [3.8, 4) is 0 Å². The van der Waals surface area contributed by atoms with Crippen LogP contribution < -0.4 is 9.80 Å². The van der Waals surface area contributed by atoms with Crippen LogP contribution in [0.4, 0.5) is 55.9 Å². The SMILES string of the molecule is COC(=O)C(C)(C)COC(=O)N1CCCC(N(Cc2cc(C(F)(F)F)cc(C(F)(F)F)c2)c2nnn(C)n2)c2cc(C)c(C(F)(F)F)cc21. The number of carbonyl (C=O) groups excluding carboxylic acids is 2. The Hall–Kier alpha value is -4.58. The molecule has 0 bridgehead atoms. The Morgan fingerprint density at radius 2 is 1.55 bits per heavy atom. The van der Waals surface area contributed by atoms with Gasteiger partial charge in [0.15, 0.2) is 0 Å². The number of rotatable bonds is 7. The number of alkyl halides is 9. The van der Waals surface area contributed by atoms with Gasteiger partial charge in [-0.25, -0.2) is 4.79 Å². The molecule has 0 spiro atoms. The van der Waals surface area contributed by atoms with Gasteiger partial charge in [-0.1, -0.05) is 11.2 Å². The molecule has 1 aliphatic rings. The van der Waals surface area contributed by atoms with Crippen LogP contribution in [0.3, 0.4) is 0 Å². The predicted molar refractivity (Wildman–Crippen MR) is 154 cm³/mol. The molecule has 1 atom stereocenters. The molecule has 268 valence electrons. The van der Waals surface area contributed by atoms with E-state index in [2.05, 4.69) is 15.4 Å². The van der Waals surface area contributed by atoms with E-state index in [1.165, 1.54) is 32.7 Å². The summed E-state index contributed by atoms with van der Waals surface area (Å²) in [5.74, 6) is -0.972. The molecule has 1 aromatic heterocycles. The highest BCUT2D eigenvalue weighted by atomic mass is 19.4. The van der Waals surface area contributed by atoms with Crippen molar-refractivity contribution in [2.45, 2.75) is 64.7 Å². The van der Waals surface area contributed by atoms with E-state index in [1.807, 2.05) is 0 Å². The van der Waals surface area contributed by atoms with Crippen LogP contribution in [-0.4, -0.2) is 52.5 Å². The maximum Gasteiger partial charge on any atom is 0.416 e. The summed E-state index contributed by atoms with van der Waals surface area (Å²) in [6, 6.07) is 1.81. The van der Waals surface area contributed by atoms with E-state index < -0.39 is 77.5 Å². The fourth-order valence-corrected chi connectivity index (χ4v) is 5.43. The lowest BCUT2D eigenvalue weighted by molar-refractivity contribution is -0.153. The molecule has 2 heterocycles.